The van der Waals surface area contributed by atoms with E-state index in [9.17, 15) is 9.18 Å². The van der Waals surface area contributed by atoms with E-state index in [1.807, 2.05) is 0 Å². The molecule has 0 radical (unpaired) electrons. The molecule has 1 N–H and O–H groups in total. The minimum Gasteiger partial charge on any atom is -0.490 e. The Kier molecular flexibility index (Phi) is 6.82. The van der Waals surface area contributed by atoms with E-state index in [1.165, 1.54) is 12.3 Å². The minimum absolute atomic E-state index is 0.156. The molecule has 2 aromatic rings. The van der Waals surface area contributed by atoms with Crippen LogP contribution in [-0.2, 0) is 4.79 Å². The number of amides is 1. The average molecular weight is 378 g/mol. The standard InChI is InChI=1S/C16H13ClFN5O3/c1-2-25-13-7-10(8-21-23-14(24)5-6-19)3-4-12(13)26-15-11(18)9-20-16(17)22-15/h3-4,7-9H,2,5H2,1H3,(H,23,24)/b21-8-. The topological polar surface area (TPSA) is 109 Å². The summed E-state index contributed by atoms with van der Waals surface area (Å²) >= 11 is 5.64. The Morgan fingerprint density at radius 1 is 1.50 bits per heavy atom. The van der Waals surface area contributed by atoms with Gasteiger partial charge in [0, 0.05) is 0 Å². The Hall–Kier alpha value is -3.25. The van der Waals surface area contributed by atoms with Gasteiger partial charge >= 0.3 is 0 Å². The van der Waals surface area contributed by atoms with E-state index in [0.717, 1.165) is 6.20 Å². The summed E-state index contributed by atoms with van der Waals surface area (Å²) < 4.78 is 24.6. The van der Waals surface area contributed by atoms with Crippen molar-refractivity contribution in [1.82, 2.24) is 15.4 Å². The average Bonchev–Trinajstić information content (AvgIpc) is 2.60. The van der Waals surface area contributed by atoms with Crippen LogP contribution in [0.1, 0.15) is 18.9 Å². The maximum absolute atomic E-state index is 13.7. The number of hydrazone groups is 1. The lowest BCUT2D eigenvalue weighted by Crippen LogP contribution is -2.16. The highest BCUT2D eigenvalue weighted by Crippen LogP contribution is 2.32. The number of ether oxygens (including phenoxy) is 2. The predicted molar refractivity (Wildman–Crippen MR) is 90.7 cm³/mol. The van der Waals surface area contributed by atoms with Crippen molar-refractivity contribution in [3.8, 4) is 23.4 Å². The normalized spacial score (nSPS) is 10.4. The van der Waals surface area contributed by atoms with Crippen LogP contribution in [-0.4, -0.2) is 28.7 Å². The Labute approximate surface area is 153 Å². The number of hydrogen-bond donors (Lipinski definition) is 1. The van der Waals surface area contributed by atoms with Gasteiger partial charge in [0.1, 0.15) is 6.42 Å². The number of aromatic nitrogens is 2. The van der Waals surface area contributed by atoms with Crippen molar-refractivity contribution in [2.24, 2.45) is 5.10 Å². The first-order valence-electron chi connectivity index (χ1n) is 7.35. The van der Waals surface area contributed by atoms with Gasteiger partial charge in [0.25, 0.3) is 11.8 Å². The first-order valence-corrected chi connectivity index (χ1v) is 7.73. The summed E-state index contributed by atoms with van der Waals surface area (Å²) in [5, 5.41) is 12.0. The molecular formula is C16H13ClFN5O3. The quantitative estimate of drug-likeness (QED) is 0.451. The fourth-order valence-corrected chi connectivity index (χ4v) is 1.88. The largest absolute Gasteiger partial charge is 0.490 e. The Balaban J connectivity index is 2.20. The molecule has 0 saturated heterocycles. The van der Waals surface area contributed by atoms with E-state index in [1.54, 1.807) is 25.1 Å². The monoisotopic (exact) mass is 377 g/mol. The highest BCUT2D eigenvalue weighted by atomic mass is 35.5. The fraction of sp³-hybridized carbons (Fsp3) is 0.188. The van der Waals surface area contributed by atoms with E-state index in [-0.39, 0.29) is 23.3 Å². The zero-order chi connectivity index (χ0) is 18.9. The van der Waals surface area contributed by atoms with Gasteiger partial charge in [-0.1, -0.05) is 0 Å². The molecular weight excluding hydrogens is 365 g/mol. The number of hydrogen-bond acceptors (Lipinski definition) is 7. The summed E-state index contributed by atoms with van der Waals surface area (Å²) in [6.07, 6.45) is 1.97. The Morgan fingerprint density at radius 2 is 2.31 bits per heavy atom. The van der Waals surface area contributed by atoms with E-state index in [4.69, 9.17) is 26.3 Å². The lowest BCUT2D eigenvalue weighted by molar-refractivity contribution is -0.120. The molecule has 1 aromatic carbocycles. The molecule has 10 heteroatoms. The van der Waals surface area contributed by atoms with Gasteiger partial charge in [-0.15, -0.1) is 0 Å². The summed E-state index contributed by atoms with van der Waals surface area (Å²) in [6, 6.07) is 6.43. The third-order valence-corrected chi connectivity index (χ3v) is 2.98. The van der Waals surface area contributed by atoms with Gasteiger partial charge in [-0.05, 0) is 42.3 Å². The lowest BCUT2D eigenvalue weighted by atomic mass is 10.2. The minimum atomic E-state index is -0.775. The van der Waals surface area contributed by atoms with Crippen molar-refractivity contribution >= 4 is 23.7 Å². The molecule has 1 aromatic heterocycles. The highest BCUT2D eigenvalue weighted by Gasteiger charge is 2.13. The number of rotatable bonds is 7. The van der Waals surface area contributed by atoms with Crippen molar-refractivity contribution in [3.05, 3.63) is 41.1 Å². The van der Waals surface area contributed by atoms with Crippen molar-refractivity contribution < 1.29 is 18.7 Å². The van der Waals surface area contributed by atoms with Gasteiger partial charge in [0.15, 0.2) is 11.5 Å². The van der Waals surface area contributed by atoms with E-state index < -0.39 is 11.7 Å². The smallest absolute Gasteiger partial charge is 0.260 e. The molecule has 134 valence electrons. The van der Waals surface area contributed by atoms with Crippen molar-refractivity contribution in [2.75, 3.05) is 6.61 Å². The van der Waals surface area contributed by atoms with Gasteiger partial charge < -0.3 is 9.47 Å². The molecule has 0 bridgehead atoms. The number of benzene rings is 1. The second kappa shape index (κ2) is 9.29. The third kappa shape index (κ3) is 5.39. The lowest BCUT2D eigenvalue weighted by Gasteiger charge is -2.12. The first kappa shape index (κ1) is 19.1. The zero-order valence-corrected chi connectivity index (χ0v) is 14.3. The van der Waals surface area contributed by atoms with Gasteiger partial charge in [0.2, 0.25) is 11.1 Å². The number of carbonyl (C=O) groups is 1. The molecule has 0 aliphatic carbocycles. The van der Waals surface area contributed by atoms with Crippen LogP contribution in [0.25, 0.3) is 0 Å². The van der Waals surface area contributed by atoms with Gasteiger partial charge in [-0.3, -0.25) is 4.79 Å². The number of halogens is 2. The Morgan fingerprint density at radius 3 is 3.04 bits per heavy atom. The maximum atomic E-state index is 13.7. The van der Waals surface area contributed by atoms with Crippen LogP contribution >= 0.6 is 11.6 Å². The van der Waals surface area contributed by atoms with Crippen molar-refractivity contribution in [1.29, 1.82) is 5.26 Å². The van der Waals surface area contributed by atoms with Crippen LogP contribution in [0.2, 0.25) is 5.28 Å². The molecule has 8 nitrogen and oxygen atoms in total. The molecule has 0 spiro atoms. The van der Waals surface area contributed by atoms with E-state index >= 15 is 0 Å². The SMILES string of the molecule is CCOc1cc(/C=N\NC(=O)CC#N)ccc1Oc1nc(Cl)ncc1F. The second-order valence-electron chi connectivity index (χ2n) is 4.66. The highest BCUT2D eigenvalue weighted by molar-refractivity contribution is 6.28. The molecule has 0 saturated carbocycles. The van der Waals surface area contributed by atoms with Crippen LogP contribution in [0, 0.1) is 17.1 Å². The van der Waals surface area contributed by atoms with Crippen LogP contribution in [0.3, 0.4) is 0 Å². The zero-order valence-electron chi connectivity index (χ0n) is 13.6. The summed E-state index contributed by atoms with van der Waals surface area (Å²) in [5.41, 5.74) is 2.79. The molecule has 26 heavy (non-hydrogen) atoms. The van der Waals surface area contributed by atoms with Gasteiger partial charge in [0.05, 0.1) is 25.1 Å². The molecule has 1 amide bonds. The number of nitrogens with zero attached hydrogens (tertiary/aromatic N) is 4. The number of carbonyl (C=O) groups excluding carboxylic acids is 1. The molecule has 0 aliphatic heterocycles. The number of nitrogens with one attached hydrogen (secondary N) is 1. The molecule has 0 unspecified atom stereocenters. The van der Waals surface area contributed by atoms with E-state index in [0.29, 0.717) is 17.9 Å². The van der Waals surface area contributed by atoms with Gasteiger partial charge in [-0.2, -0.15) is 19.7 Å². The van der Waals surface area contributed by atoms with Crippen LogP contribution in [0.15, 0.2) is 29.5 Å². The van der Waals surface area contributed by atoms with Crippen molar-refractivity contribution in [2.45, 2.75) is 13.3 Å². The van der Waals surface area contributed by atoms with Crippen LogP contribution < -0.4 is 14.9 Å². The summed E-state index contributed by atoms with van der Waals surface area (Å²) in [5.74, 6) is -1.11. The van der Waals surface area contributed by atoms with E-state index in [2.05, 4.69) is 20.5 Å². The molecule has 0 atom stereocenters. The van der Waals surface area contributed by atoms with Gasteiger partial charge in [-0.25, -0.2) is 10.4 Å². The molecule has 1 heterocycles. The molecule has 0 aliphatic rings. The molecule has 0 fully saturated rings. The fourth-order valence-electron chi connectivity index (χ4n) is 1.75. The van der Waals surface area contributed by atoms with Crippen molar-refractivity contribution in [3.63, 3.8) is 0 Å². The van der Waals surface area contributed by atoms with Crippen LogP contribution in [0.4, 0.5) is 4.39 Å². The second-order valence-corrected chi connectivity index (χ2v) is 5.00. The summed E-state index contributed by atoms with van der Waals surface area (Å²) in [6.45, 7) is 2.11. The summed E-state index contributed by atoms with van der Waals surface area (Å²) in [7, 11) is 0. The third-order valence-electron chi connectivity index (χ3n) is 2.80. The molecule has 2 rings (SSSR count). The summed E-state index contributed by atoms with van der Waals surface area (Å²) in [4.78, 5) is 18.4. The Bertz CT molecular complexity index is 869. The first-order chi connectivity index (χ1) is 12.5. The number of nitriles is 1. The van der Waals surface area contributed by atoms with Crippen LogP contribution in [0.5, 0.6) is 17.4 Å². The predicted octanol–water partition coefficient (Wildman–Crippen LogP) is 2.82. The maximum Gasteiger partial charge on any atom is 0.260 e.